The SMILES string of the molecule is CC(C)(CC(CN)c1ccccc1)OC(N)=O. The van der Waals surface area contributed by atoms with Crippen molar-refractivity contribution in [3.8, 4) is 0 Å². The number of carbonyl (C=O) groups is 1. The molecule has 0 aliphatic carbocycles. The van der Waals surface area contributed by atoms with Crippen molar-refractivity contribution < 1.29 is 9.53 Å². The Morgan fingerprint density at radius 1 is 1.35 bits per heavy atom. The van der Waals surface area contributed by atoms with Crippen molar-refractivity contribution in [3.05, 3.63) is 35.9 Å². The van der Waals surface area contributed by atoms with Crippen molar-refractivity contribution >= 4 is 6.09 Å². The van der Waals surface area contributed by atoms with E-state index in [0.717, 1.165) is 5.56 Å². The smallest absolute Gasteiger partial charge is 0.405 e. The zero-order valence-electron chi connectivity index (χ0n) is 10.3. The molecule has 0 saturated heterocycles. The van der Waals surface area contributed by atoms with Crippen LogP contribution in [0.1, 0.15) is 31.7 Å². The first-order valence-electron chi connectivity index (χ1n) is 5.68. The van der Waals surface area contributed by atoms with E-state index >= 15 is 0 Å². The molecule has 1 atom stereocenters. The van der Waals surface area contributed by atoms with E-state index in [1.807, 2.05) is 44.2 Å². The Labute approximate surface area is 102 Å². The van der Waals surface area contributed by atoms with Crippen molar-refractivity contribution in [1.82, 2.24) is 0 Å². The molecule has 1 amide bonds. The summed E-state index contributed by atoms with van der Waals surface area (Å²) in [4.78, 5) is 10.8. The molecule has 1 aromatic carbocycles. The van der Waals surface area contributed by atoms with E-state index < -0.39 is 11.7 Å². The number of amides is 1. The second-order valence-electron chi connectivity index (χ2n) is 4.73. The van der Waals surface area contributed by atoms with Gasteiger partial charge in [-0.05, 0) is 38.3 Å². The van der Waals surface area contributed by atoms with E-state index in [1.165, 1.54) is 0 Å². The Morgan fingerprint density at radius 2 is 1.94 bits per heavy atom. The molecule has 0 radical (unpaired) electrons. The lowest BCUT2D eigenvalue weighted by Gasteiger charge is -2.28. The lowest BCUT2D eigenvalue weighted by molar-refractivity contribution is 0.0342. The van der Waals surface area contributed by atoms with Gasteiger partial charge >= 0.3 is 6.09 Å². The number of benzene rings is 1. The summed E-state index contributed by atoms with van der Waals surface area (Å²) >= 11 is 0. The van der Waals surface area contributed by atoms with Crippen molar-refractivity contribution in [3.63, 3.8) is 0 Å². The van der Waals surface area contributed by atoms with Crippen LogP contribution in [0.3, 0.4) is 0 Å². The van der Waals surface area contributed by atoms with Crippen LogP contribution in [0.2, 0.25) is 0 Å². The summed E-state index contributed by atoms with van der Waals surface area (Å²) in [5.41, 5.74) is 11.4. The van der Waals surface area contributed by atoms with Crippen LogP contribution < -0.4 is 11.5 Å². The van der Waals surface area contributed by atoms with E-state index in [2.05, 4.69) is 0 Å². The second-order valence-corrected chi connectivity index (χ2v) is 4.73. The third kappa shape index (κ3) is 4.44. The Morgan fingerprint density at radius 3 is 2.41 bits per heavy atom. The molecule has 0 aliphatic rings. The van der Waals surface area contributed by atoms with Crippen LogP contribution in [-0.2, 0) is 4.74 Å². The molecular weight excluding hydrogens is 216 g/mol. The highest BCUT2D eigenvalue weighted by Crippen LogP contribution is 2.27. The van der Waals surface area contributed by atoms with Gasteiger partial charge in [0.2, 0.25) is 0 Å². The van der Waals surface area contributed by atoms with Crippen LogP contribution in [-0.4, -0.2) is 18.2 Å². The summed E-state index contributed by atoms with van der Waals surface area (Å²) < 4.78 is 5.07. The molecule has 4 heteroatoms. The predicted octanol–water partition coefficient (Wildman–Crippen LogP) is 1.99. The summed E-state index contributed by atoms with van der Waals surface area (Å²) in [5.74, 6) is 0.158. The standard InChI is InChI=1S/C13H20N2O2/c1-13(2,17-12(15)16)8-11(9-14)10-6-4-3-5-7-10/h3-7,11H,8-9,14H2,1-2H3,(H2,15,16). The third-order valence-electron chi connectivity index (χ3n) is 2.67. The topological polar surface area (TPSA) is 78.3 Å². The fourth-order valence-corrected chi connectivity index (χ4v) is 1.97. The van der Waals surface area contributed by atoms with Crippen LogP contribution in [0, 0.1) is 0 Å². The van der Waals surface area contributed by atoms with Gasteiger partial charge in [0.1, 0.15) is 5.60 Å². The van der Waals surface area contributed by atoms with Crippen LogP contribution in [0.4, 0.5) is 4.79 Å². The zero-order chi connectivity index (χ0) is 12.9. The minimum absolute atomic E-state index is 0.158. The molecule has 17 heavy (non-hydrogen) atoms. The van der Waals surface area contributed by atoms with E-state index in [0.29, 0.717) is 13.0 Å². The average Bonchev–Trinajstić information content (AvgIpc) is 2.25. The van der Waals surface area contributed by atoms with Crippen molar-refractivity contribution in [1.29, 1.82) is 0 Å². The number of nitrogens with two attached hydrogens (primary N) is 2. The molecule has 0 aliphatic heterocycles. The monoisotopic (exact) mass is 236 g/mol. The minimum atomic E-state index is -0.751. The summed E-state index contributed by atoms with van der Waals surface area (Å²) in [7, 11) is 0. The molecule has 1 unspecified atom stereocenters. The number of hydrogen-bond acceptors (Lipinski definition) is 3. The fourth-order valence-electron chi connectivity index (χ4n) is 1.97. The van der Waals surface area contributed by atoms with E-state index in [4.69, 9.17) is 16.2 Å². The van der Waals surface area contributed by atoms with Crippen LogP contribution in [0.15, 0.2) is 30.3 Å². The van der Waals surface area contributed by atoms with Gasteiger partial charge < -0.3 is 16.2 Å². The number of primary amides is 1. The van der Waals surface area contributed by atoms with Crippen molar-refractivity contribution in [2.24, 2.45) is 11.5 Å². The molecule has 0 aromatic heterocycles. The van der Waals surface area contributed by atoms with Gasteiger partial charge in [-0.15, -0.1) is 0 Å². The molecule has 4 nitrogen and oxygen atoms in total. The third-order valence-corrected chi connectivity index (χ3v) is 2.67. The summed E-state index contributed by atoms with van der Waals surface area (Å²) in [5, 5.41) is 0. The van der Waals surface area contributed by atoms with Crippen molar-refractivity contribution in [2.75, 3.05) is 6.54 Å². The van der Waals surface area contributed by atoms with Gasteiger partial charge in [-0.1, -0.05) is 30.3 Å². The summed E-state index contributed by atoms with van der Waals surface area (Å²) in [6, 6.07) is 9.96. The Balaban J connectivity index is 2.73. The average molecular weight is 236 g/mol. The number of hydrogen-bond donors (Lipinski definition) is 2. The Bertz CT molecular complexity index is 363. The predicted molar refractivity (Wildman–Crippen MR) is 67.6 cm³/mol. The van der Waals surface area contributed by atoms with Gasteiger partial charge in [0.15, 0.2) is 0 Å². The Kier molecular flexibility index (Phi) is 4.52. The molecule has 0 heterocycles. The van der Waals surface area contributed by atoms with Gasteiger partial charge in [0.25, 0.3) is 0 Å². The number of carbonyl (C=O) groups excluding carboxylic acids is 1. The van der Waals surface area contributed by atoms with Crippen LogP contribution in [0.5, 0.6) is 0 Å². The van der Waals surface area contributed by atoms with Gasteiger partial charge in [-0.2, -0.15) is 0 Å². The molecule has 0 saturated carbocycles. The van der Waals surface area contributed by atoms with E-state index in [9.17, 15) is 4.79 Å². The maximum Gasteiger partial charge on any atom is 0.405 e. The quantitative estimate of drug-likeness (QED) is 0.820. The first-order chi connectivity index (χ1) is 7.94. The highest BCUT2D eigenvalue weighted by molar-refractivity contribution is 5.65. The maximum atomic E-state index is 10.8. The lowest BCUT2D eigenvalue weighted by atomic mass is 9.88. The molecule has 4 N–H and O–H groups in total. The fraction of sp³-hybridized carbons (Fsp3) is 0.462. The van der Waals surface area contributed by atoms with Crippen LogP contribution >= 0.6 is 0 Å². The van der Waals surface area contributed by atoms with Gasteiger partial charge in [-0.3, -0.25) is 0 Å². The van der Waals surface area contributed by atoms with Gasteiger partial charge in [0.05, 0.1) is 0 Å². The molecule has 0 spiro atoms. The van der Waals surface area contributed by atoms with E-state index in [1.54, 1.807) is 0 Å². The molecule has 0 bridgehead atoms. The maximum absolute atomic E-state index is 10.8. The first-order valence-corrected chi connectivity index (χ1v) is 5.68. The van der Waals surface area contributed by atoms with Gasteiger partial charge in [0, 0.05) is 0 Å². The van der Waals surface area contributed by atoms with E-state index in [-0.39, 0.29) is 5.92 Å². The molecule has 94 valence electrons. The molecule has 1 aromatic rings. The second kappa shape index (κ2) is 5.68. The molecule has 0 fully saturated rings. The lowest BCUT2D eigenvalue weighted by Crippen LogP contribution is -2.34. The first kappa shape index (κ1) is 13.5. The highest BCUT2D eigenvalue weighted by Gasteiger charge is 2.26. The van der Waals surface area contributed by atoms with Crippen LogP contribution in [0.25, 0.3) is 0 Å². The number of rotatable bonds is 5. The van der Waals surface area contributed by atoms with Crippen molar-refractivity contribution in [2.45, 2.75) is 31.8 Å². The number of ether oxygens (including phenoxy) is 1. The van der Waals surface area contributed by atoms with Gasteiger partial charge in [-0.25, -0.2) is 4.79 Å². The normalized spacial score (nSPS) is 13.1. The largest absolute Gasteiger partial charge is 0.444 e. The highest BCUT2D eigenvalue weighted by atomic mass is 16.6. The minimum Gasteiger partial charge on any atom is -0.444 e. The Hall–Kier alpha value is -1.55. The summed E-state index contributed by atoms with van der Waals surface area (Å²) in [6.07, 6.45) is -0.102. The molecule has 1 rings (SSSR count). The molecular formula is C13H20N2O2. The zero-order valence-corrected chi connectivity index (χ0v) is 10.3. The summed E-state index contributed by atoms with van der Waals surface area (Å²) in [6.45, 7) is 4.18.